The molecule has 0 N–H and O–H groups in total. The Hall–Kier alpha value is -0.210. The van der Waals surface area contributed by atoms with E-state index >= 15 is 0 Å². The van der Waals surface area contributed by atoms with E-state index in [2.05, 4.69) is 4.90 Å². The molecule has 1 saturated carbocycles. The fourth-order valence-corrected chi connectivity index (χ4v) is 5.42. The van der Waals surface area contributed by atoms with Crippen molar-refractivity contribution < 1.29 is 13.2 Å². The van der Waals surface area contributed by atoms with Crippen LogP contribution in [-0.4, -0.2) is 81.0 Å². The summed E-state index contributed by atoms with van der Waals surface area (Å²) in [5, 5.41) is 0. The lowest BCUT2D eigenvalue weighted by Crippen LogP contribution is -2.57. The Labute approximate surface area is 140 Å². The Balaban J connectivity index is 1.69. The van der Waals surface area contributed by atoms with Gasteiger partial charge in [-0.05, 0) is 44.4 Å². The van der Waals surface area contributed by atoms with Crippen molar-refractivity contribution in [3.63, 3.8) is 0 Å². The van der Waals surface area contributed by atoms with Gasteiger partial charge in [-0.15, -0.1) is 0 Å². The summed E-state index contributed by atoms with van der Waals surface area (Å²) in [6, 6.07) is 0.512. The standard InChI is InChI=1S/C16H31N3O3S/c1-17(2)23(20,21)18-10-8-16(9-11-18)7-6-15(13-22-3)19(16)12-14-4-5-14/h14-15H,4-13H2,1-3H3. The minimum Gasteiger partial charge on any atom is -0.383 e. The topological polar surface area (TPSA) is 53.1 Å². The van der Waals surface area contributed by atoms with Crippen molar-refractivity contribution in [1.29, 1.82) is 0 Å². The Morgan fingerprint density at radius 2 is 1.78 bits per heavy atom. The molecule has 0 bridgehead atoms. The number of piperidine rings is 1. The van der Waals surface area contributed by atoms with E-state index in [-0.39, 0.29) is 5.54 Å². The van der Waals surface area contributed by atoms with Gasteiger partial charge in [0.2, 0.25) is 0 Å². The largest absolute Gasteiger partial charge is 0.383 e. The van der Waals surface area contributed by atoms with Crippen LogP contribution >= 0.6 is 0 Å². The highest BCUT2D eigenvalue weighted by Gasteiger charge is 2.50. The SMILES string of the molecule is COCC1CCC2(CCN(S(=O)(=O)N(C)C)CC2)N1CC1CC1. The van der Waals surface area contributed by atoms with Crippen LogP contribution in [0, 0.1) is 5.92 Å². The van der Waals surface area contributed by atoms with Crippen LogP contribution in [0.1, 0.15) is 38.5 Å². The molecule has 3 fully saturated rings. The van der Waals surface area contributed by atoms with E-state index in [1.165, 1.54) is 36.5 Å². The number of methoxy groups -OCH3 is 1. The molecule has 0 radical (unpaired) electrons. The number of hydrogen-bond acceptors (Lipinski definition) is 4. The zero-order chi connectivity index (χ0) is 16.7. The third-order valence-electron chi connectivity index (χ3n) is 5.94. The first-order valence-electron chi connectivity index (χ1n) is 8.82. The maximum absolute atomic E-state index is 12.3. The predicted octanol–water partition coefficient (Wildman–Crippen LogP) is 1.15. The van der Waals surface area contributed by atoms with Crippen LogP contribution in [0.5, 0.6) is 0 Å². The van der Waals surface area contributed by atoms with Gasteiger partial charge < -0.3 is 4.74 Å². The van der Waals surface area contributed by atoms with Gasteiger partial charge >= 0.3 is 0 Å². The van der Waals surface area contributed by atoms with Gasteiger partial charge in [-0.2, -0.15) is 17.0 Å². The lowest BCUT2D eigenvalue weighted by Gasteiger charge is -2.46. The fourth-order valence-electron chi connectivity index (χ4n) is 4.31. The molecule has 3 rings (SSSR count). The van der Waals surface area contributed by atoms with Crippen LogP contribution < -0.4 is 0 Å². The van der Waals surface area contributed by atoms with Crippen LogP contribution in [0.4, 0.5) is 0 Å². The lowest BCUT2D eigenvalue weighted by molar-refractivity contribution is 0.0203. The number of ether oxygens (including phenoxy) is 1. The number of rotatable bonds is 6. The van der Waals surface area contributed by atoms with E-state index in [0.717, 1.165) is 25.4 Å². The minimum absolute atomic E-state index is 0.199. The zero-order valence-corrected chi connectivity index (χ0v) is 15.5. The van der Waals surface area contributed by atoms with Crippen LogP contribution in [0.3, 0.4) is 0 Å². The van der Waals surface area contributed by atoms with Gasteiger partial charge in [-0.3, -0.25) is 4.90 Å². The Kier molecular flexibility index (Phi) is 5.05. The summed E-state index contributed by atoms with van der Waals surface area (Å²) in [6.07, 6.45) is 6.98. The molecule has 0 aromatic rings. The molecule has 0 aromatic carbocycles. The van der Waals surface area contributed by atoms with Gasteiger partial charge in [0.15, 0.2) is 0 Å². The second kappa shape index (κ2) is 6.59. The first-order chi connectivity index (χ1) is 10.9. The quantitative estimate of drug-likeness (QED) is 0.725. The lowest BCUT2D eigenvalue weighted by atomic mass is 9.85. The van der Waals surface area contributed by atoms with Crippen LogP contribution in [-0.2, 0) is 14.9 Å². The molecule has 2 heterocycles. The van der Waals surface area contributed by atoms with Crippen molar-refractivity contribution in [1.82, 2.24) is 13.5 Å². The van der Waals surface area contributed by atoms with E-state index in [1.54, 1.807) is 25.5 Å². The number of nitrogens with zero attached hydrogens (tertiary/aromatic N) is 3. The van der Waals surface area contributed by atoms with Crippen LogP contribution in [0.2, 0.25) is 0 Å². The van der Waals surface area contributed by atoms with Crippen LogP contribution in [0.25, 0.3) is 0 Å². The first-order valence-corrected chi connectivity index (χ1v) is 10.2. The van der Waals surface area contributed by atoms with Gasteiger partial charge in [-0.1, -0.05) is 0 Å². The minimum atomic E-state index is -3.27. The third-order valence-corrected chi connectivity index (χ3v) is 7.89. The summed E-state index contributed by atoms with van der Waals surface area (Å²) in [7, 11) is 1.74. The summed E-state index contributed by atoms with van der Waals surface area (Å²) in [6.45, 7) is 3.26. The summed E-state index contributed by atoms with van der Waals surface area (Å²) in [5.41, 5.74) is 0.199. The molecule has 134 valence electrons. The normalized spacial score (nSPS) is 29.7. The molecule has 2 aliphatic heterocycles. The summed E-state index contributed by atoms with van der Waals surface area (Å²) in [4.78, 5) is 2.69. The van der Waals surface area contributed by atoms with E-state index < -0.39 is 10.2 Å². The molecule has 1 unspecified atom stereocenters. The first kappa shape index (κ1) is 17.6. The maximum Gasteiger partial charge on any atom is 0.281 e. The van der Waals surface area contributed by atoms with Crippen molar-refractivity contribution in [2.45, 2.75) is 50.1 Å². The van der Waals surface area contributed by atoms with Gasteiger partial charge in [0.05, 0.1) is 6.61 Å². The monoisotopic (exact) mass is 345 g/mol. The van der Waals surface area contributed by atoms with Crippen molar-refractivity contribution in [2.75, 3.05) is 47.4 Å². The van der Waals surface area contributed by atoms with E-state index in [0.29, 0.717) is 19.1 Å². The molecule has 1 atom stereocenters. The highest BCUT2D eigenvalue weighted by atomic mass is 32.2. The van der Waals surface area contributed by atoms with Crippen molar-refractivity contribution in [3.05, 3.63) is 0 Å². The van der Waals surface area contributed by atoms with Crippen molar-refractivity contribution in [3.8, 4) is 0 Å². The highest BCUT2D eigenvalue weighted by Crippen LogP contribution is 2.45. The molecule has 23 heavy (non-hydrogen) atoms. The Bertz CT molecular complexity index is 511. The van der Waals surface area contributed by atoms with E-state index in [1.807, 2.05) is 0 Å². The Morgan fingerprint density at radius 1 is 1.13 bits per heavy atom. The second-order valence-electron chi connectivity index (χ2n) is 7.66. The molecule has 1 aliphatic carbocycles. The van der Waals surface area contributed by atoms with E-state index in [4.69, 9.17) is 4.74 Å². The van der Waals surface area contributed by atoms with Crippen LogP contribution in [0.15, 0.2) is 0 Å². The molecule has 0 amide bonds. The summed E-state index contributed by atoms with van der Waals surface area (Å²) < 4.78 is 33.1. The Morgan fingerprint density at radius 3 is 2.30 bits per heavy atom. The molecule has 7 heteroatoms. The van der Waals surface area contributed by atoms with Gasteiger partial charge in [-0.25, -0.2) is 0 Å². The summed E-state index contributed by atoms with van der Waals surface area (Å²) in [5.74, 6) is 0.855. The highest BCUT2D eigenvalue weighted by molar-refractivity contribution is 7.86. The molecular weight excluding hydrogens is 314 g/mol. The number of likely N-dealkylation sites (tertiary alicyclic amines) is 1. The summed E-state index contributed by atoms with van der Waals surface area (Å²) >= 11 is 0. The van der Waals surface area contributed by atoms with Crippen molar-refractivity contribution in [2.24, 2.45) is 5.92 Å². The zero-order valence-electron chi connectivity index (χ0n) is 14.7. The molecule has 2 saturated heterocycles. The van der Waals surface area contributed by atoms with Gasteiger partial charge in [0.1, 0.15) is 0 Å². The average molecular weight is 346 g/mol. The smallest absolute Gasteiger partial charge is 0.281 e. The maximum atomic E-state index is 12.3. The molecule has 6 nitrogen and oxygen atoms in total. The number of hydrogen-bond donors (Lipinski definition) is 0. The molecule has 0 aromatic heterocycles. The third kappa shape index (κ3) is 3.44. The van der Waals surface area contributed by atoms with Crippen molar-refractivity contribution >= 4 is 10.2 Å². The molecular formula is C16H31N3O3S. The predicted molar refractivity (Wildman–Crippen MR) is 90.5 cm³/mol. The molecule has 3 aliphatic rings. The fraction of sp³-hybridized carbons (Fsp3) is 1.00. The average Bonchev–Trinajstić information content (AvgIpc) is 3.28. The van der Waals surface area contributed by atoms with E-state index in [9.17, 15) is 8.42 Å². The van der Waals surface area contributed by atoms with Gasteiger partial charge in [0.25, 0.3) is 10.2 Å². The van der Waals surface area contributed by atoms with Gasteiger partial charge in [0, 0.05) is 52.4 Å². The molecule has 1 spiro atoms. The second-order valence-corrected chi connectivity index (χ2v) is 9.80.